The van der Waals surface area contributed by atoms with E-state index in [9.17, 15) is 5.11 Å². The minimum atomic E-state index is -0.822. The number of nitrogens with zero attached hydrogens (tertiary/aromatic N) is 4. The molecule has 4 aromatic rings. The van der Waals surface area contributed by atoms with E-state index >= 15 is 0 Å². The van der Waals surface area contributed by atoms with Gasteiger partial charge >= 0.3 is 0 Å². The second-order valence-corrected chi connectivity index (χ2v) is 9.25. The number of benzene rings is 2. The van der Waals surface area contributed by atoms with Crippen molar-refractivity contribution in [1.82, 2.24) is 19.5 Å². The molecule has 2 aromatic heterocycles. The number of fused-ring (bicyclic) bond motifs is 1. The third kappa shape index (κ3) is 5.63. The molecule has 184 valence electrons. The van der Waals surface area contributed by atoms with Gasteiger partial charge in [0.1, 0.15) is 5.75 Å². The maximum Gasteiger partial charge on any atom is 0.226 e. The highest BCUT2D eigenvalue weighted by Gasteiger charge is 2.23. The van der Waals surface area contributed by atoms with Crippen LogP contribution in [0.2, 0.25) is 0 Å². The number of hydrogen-bond acceptors (Lipinski definition) is 8. The van der Waals surface area contributed by atoms with Gasteiger partial charge in [-0.15, -0.1) is 0 Å². The number of methoxy groups -OCH3 is 1. The molecule has 4 rings (SSSR count). The molecule has 9 nitrogen and oxygen atoms in total. The first-order chi connectivity index (χ1) is 16.8. The lowest BCUT2D eigenvalue weighted by atomic mass is 9.93. The topological polar surface area (TPSA) is 123 Å². The molecule has 2 heterocycles. The smallest absolute Gasteiger partial charge is 0.226 e. The van der Waals surface area contributed by atoms with Crippen LogP contribution in [0.1, 0.15) is 31.9 Å². The number of imidazole rings is 1. The molecule has 0 amide bonds. The van der Waals surface area contributed by atoms with Crippen molar-refractivity contribution in [3.05, 3.63) is 66.0 Å². The zero-order valence-corrected chi connectivity index (χ0v) is 20.6. The molecule has 5 N–H and O–H groups in total. The van der Waals surface area contributed by atoms with Crippen molar-refractivity contribution in [3.8, 4) is 5.75 Å². The van der Waals surface area contributed by atoms with Gasteiger partial charge in [-0.1, -0.05) is 49.4 Å². The molecule has 0 aliphatic heterocycles. The lowest BCUT2D eigenvalue weighted by molar-refractivity contribution is 0.0303. The first kappa shape index (κ1) is 24.3. The number of hydrogen-bond donors (Lipinski definition) is 4. The highest BCUT2D eigenvalue weighted by Crippen LogP contribution is 2.27. The van der Waals surface area contributed by atoms with Gasteiger partial charge in [0.2, 0.25) is 5.95 Å². The second kappa shape index (κ2) is 10.2. The molecule has 35 heavy (non-hydrogen) atoms. The first-order valence-electron chi connectivity index (χ1n) is 11.6. The Labute approximate surface area is 205 Å². The van der Waals surface area contributed by atoms with Gasteiger partial charge in [0.15, 0.2) is 17.0 Å². The van der Waals surface area contributed by atoms with Gasteiger partial charge < -0.3 is 30.8 Å². The number of nitrogens with one attached hydrogen (secondary N) is 2. The zero-order valence-electron chi connectivity index (χ0n) is 20.6. The molecule has 0 saturated heterocycles. The molecule has 0 aliphatic rings. The average molecular weight is 476 g/mol. The molecule has 0 fully saturated rings. The van der Waals surface area contributed by atoms with E-state index < -0.39 is 5.60 Å². The number of anilines is 3. The molecular formula is C26H33N7O2. The maximum atomic E-state index is 10.3. The van der Waals surface area contributed by atoms with Crippen LogP contribution in [0.3, 0.4) is 0 Å². The third-order valence-corrected chi connectivity index (χ3v) is 6.25. The van der Waals surface area contributed by atoms with E-state index in [1.165, 1.54) is 0 Å². The van der Waals surface area contributed by atoms with E-state index in [4.69, 9.17) is 20.4 Å². The number of ether oxygens (including phenoxy) is 1. The molecule has 0 spiro atoms. The normalized spacial score (nSPS) is 12.5. The summed E-state index contributed by atoms with van der Waals surface area (Å²) in [6.07, 6.45) is 1.78. The second-order valence-electron chi connectivity index (χ2n) is 9.25. The number of nitrogen functional groups attached to an aromatic ring is 1. The van der Waals surface area contributed by atoms with Gasteiger partial charge in [-0.25, -0.2) is 4.98 Å². The Bertz CT molecular complexity index is 1280. The molecule has 1 unspecified atom stereocenters. The van der Waals surface area contributed by atoms with E-state index in [1.807, 2.05) is 47.9 Å². The summed E-state index contributed by atoms with van der Waals surface area (Å²) in [7, 11) is 1.60. The van der Waals surface area contributed by atoms with Crippen LogP contribution in [0.25, 0.3) is 11.2 Å². The zero-order chi connectivity index (χ0) is 25.0. The van der Waals surface area contributed by atoms with Gasteiger partial charge in [-0.3, -0.25) is 0 Å². The molecule has 0 radical (unpaired) electrons. The Morgan fingerprint density at radius 2 is 1.86 bits per heavy atom. The SMILES string of the molecule is COc1cccc(CNc2nc(NCC(C)C(C)(C)O)nc3c2ncn3Cc2ccccc2)c1N. The molecule has 9 heteroatoms. The molecule has 1 atom stereocenters. The monoisotopic (exact) mass is 475 g/mol. The van der Waals surface area contributed by atoms with Crippen LogP contribution in [0.4, 0.5) is 17.5 Å². The summed E-state index contributed by atoms with van der Waals surface area (Å²) in [6, 6.07) is 15.8. The molecule has 0 saturated carbocycles. The number of rotatable bonds is 10. The quantitative estimate of drug-likeness (QED) is 0.255. The van der Waals surface area contributed by atoms with Gasteiger partial charge in [-0.05, 0) is 31.0 Å². The Balaban J connectivity index is 1.66. The average Bonchev–Trinajstić information content (AvgIpc) is 3.24. The number of nitrogens with two attached hydrogens (primary N) is 1. The van der Waals surface area contributed by atoms with Crippen molar-refractivity contribution in [1.29, 1.82) is 0 Å². The van der Waals surface area contributed by atoms with Crippen LogP contribution in [0.15, 0.2) is 54.9 Å². The summed E-state index contributed by atoms with van der Waals surface area (Å²) in [5.41, 5.74) is 9.44. The lowest BCUT2D eigenvalue weighted by Gasteiger charge is -2.26. The Hall–Kier alpha value is -3.85. The summed E-state index contributed by atoms with van der Waals surface area (Å²) < 4.78 is 7.35. The predicted octanol–water partition coefficient (Wildman–Crippen LogP) is 3.90. The molecule has 0 aliphatic carbocycles. The van der Waals surface area contributed by atoms with Crippen LogP contribution in [-0.2, 0) is 13.1 Å². The van der Waals surface area contributed by atoms with Gasteiger partial charge in [0, 0.05) is 19.0 Å². The van der Waals surface area contributed by atoms with Crippen molar-refractivity contribution in [3.63, 3.8) is 0 Å². The van der Waals surface area contributed by atoms with Crippen molar-refractivity contribution in [2.24, 2.45) is 5.92 Å². The fourth-order valence-electron chi connectivity index (χ4n) is 3.64. The first-order valence-corrected chi connectivity index (χ1v) is 11.6. The van der Waals surface area contributed by atoms with Crippen molar-refractivity contribution >= 4 is 28.6 Å². The van der Waals surface area contributed by atoms with Crippen molar-refractivity contribution < 1.29 is 9.84 Å². The minimum Gasteiger partial charge on any atom is -0.495 e. The highest BCUT2D eigenvalue weighted by molar-refractivity contribution is 5.84. The Morgan fingerprint density at radius 1 is 1.09 bits per heavy atom. The minimum absolute atomic E-state index is 0.0102. The number of aromatic nitrogens is 4. The van der Waals surface area contributed by atoms with E-state index in [2.05, 4.69) is 27.8 Å². The van der Waals surface area contributed by atoms with Crippen LogP contribution >= 0.6 is 0 Å². The van der Waals surface area contributed by atoms with E-state index in [0.29, 0.717) is 54.0 Å². The Kier molecular flexibility index (Phi) is 7.07. The van der Waals surface area contributed by atoms with Gasteiger partial charge in [0.25, 0.3) is 0 Å². The highest BCUT2D eigenvalue weighted by atomic mass is 16.5. The fourth-order valence-corrected chi connectivity index (χ4v) is 3.64. The summed E-state index contributed by atoms with van der Waals surface area (Å²) in [6.45, 7) is 7.17. The van der Waals surface area contributed by atoms with Crippen LogP contribution < -0.4 is 21.1 Å². The van der Waals surface area contributed by atoms with Crippen LogP contribution in [0.5, 0.6) is 5.75 Å². The van der Waals surface area contributed by atoms with Crippen LogP contribution in [0, 0.1) is 5.92 Å². The summed E-state index contributed by atoms with van der Waals surface area (Å²) in [5, 5.41) is 17.0. The maximum absolute atomic E-state index is 10.3. The summed E-state index contributed by atoms with van der Waals surface area (Å²) in [4.78, 5) is 14.1. The standard InChI is InChI=1S/C26H33N7O2/c1-17(26(2,3)34)13-29-25-31-23(28-14-19-11-8-12-20(35-4)21(19)27)22-24(32-25)33(16-30-22)15-18-9-6-5-7-10-18/h5-12,16-17,34H,13-15,27H2,1-4H3,(H2,28,29,31,32). The lowest BCUT2D eigenvalue weighted by Crippen LogP contribution is -2.33. The summed E-state index contributed by atoms with van der Waals surface area (Å²) >= 11 is 0. The fraction of sp³-hybridized carbons (Fsp3) is 0.346. The third-order valence-electron chi connectivity index (χ3n) is 6.25. The number of para-hydroxylation sites is 1. The van der Waals surface area contributed by atoms with Gasteiger partial charge in [-0.2, -0.15) is 9.97 Å². The molecular weight excluding hydrogens is 442 g/mol. The molecule has 2 aromatic carbocycles. The molecule has 0 bridgehead atoms. The van der Waals surface area contributed by atoms with Crippen LogP contribution in [-0.4, -0.2) is 43.9 Å². The predicted molar refractivity (Wildman–Crippen MR) is 140 cm³/mol. The van der Waals surface area contributed by atoms with E-state index in [-0.39, 0.29) is 5.92 Å². The van der Waals surface area contributed by atoms with E-state index in [1.54, 1.807) is 27.3 Å². The Morgan fingerprint density at radius 3 is 2.57 bits per heavy atom. The number of aliphatic hydroxyl groups is 1. The van der Waals surface area contributed by atoms with Crippen molar-refractivity contribution in [2.75, 3.05) is 30.0 Å². The van der Waals surface area contributed by atoms with E-state index in [0.717, 1.165) is 11.1 Å². The summed E-state index contributed by atoms with van der Waals surface area (Å²) in [5.74, 6) is 1.68. The largest absolute Gasteiger partial charge is 0.495 e. The van der Waals surface area contributed by atoms with Gasteiger partial charge in [0.05, 0.1) is 31.3 Å². The van der Waals surface area contributed by atoms with Crippen molar-refractivity contribution in [2.45, 2.75) is 39.5 Å².